The number of carbonyl (C=O) groups is 2. The third-order valence-corrected chi connectivity index (χ3v) is 4.18. The van der Waals surface area contributed by atoms with E-state index in [-0.39, 0.29) is 17.5 Å². The molecule has 0 saturated heterocycles. The number of carboxylic acid groups (broad SMARTS) is 1. The van der Waals surface area contributed by atoms with Crippen molar-refractivity contribution in [1.29, 1.82) is 0 Å². The van der Waals surface area contributed by atoms with Crippen molar-refractivity contribution in [3.8, 4) is 0 Å². The van der Waals surface area contributed by atoms with E-state index in [2.05, 4.69) is 13.8 Å². The van der Waals surface area contributed by atoms with Crippen LogP contribution in [0.25, 0.3) is 0 Å². The van der Waals surface area contributed by atoms with Crippen LogP contribution in [0.5, 0.6) is 0 Å². The summed E-state index contributed by atoms with van der Waals surface area (Å²) >= 11 is 0. The van der Waals surface area contributed by atoms with Gasteiger partial charge < -0.3 is 10.0 Å². The molecule has 1 rings (SSSR count). The smallest absolute Gasteiger partial charge is 0.331 e. The van der Waals surface area contributed by atoms with Crippen LogP contribution in [-0.2, 0) is 9.59 Å². The molecule has 0 bridgehead atoms. The van der Waals surface area contributed by atoms with Gasteiger partial charge in [-0.1, -0.05) is 26.7 Å². The minimum atomic E-state index is -1.01. The number of rotatable bonds is 6. The van der Waals surface area contributed by atoms with Crippen molar-refractivity contribution < 1.29 is 14.7 Å². The highest BCUT2D eigenvalue weighted by molar-refractivity contribution is 6.01. The maximum absolute atomic E-state index is 12.6. The number of carboxylic acids is 1. The van der Waals surface area contributed by atoms with Crippen LogP contribution >= 0.6 is 0 Å². The van der Waals surface area contributed by atoms with Crippen molar-refractivity contribution in [2.45, 2.75) is 65.8 Å². The Bertz CT molecular complexity index is 393. The lowest BCUT2D eigenvalue weighted by Gasteiger charge is -2.30. The summed E-state index contributed by atoms with van der Waals surface area (Å²) in [6.07, 6.45) is 5.38. The first-order chi connectivity index (χ1) is 9.34. The second-order valence-corrected chi connectivity index (χ2v) is 6.17. The highest BCUT2D eigenvalue weighted by Gasteiger charge is 2.28. The molecule has 4 nitrogen and oxygen atoms in total. The lowest BCUT2D eigenvalue weighted by Crippen LogP contribution is -2.40. The summed E-state index contributed by atoms with van der Waals surface area (Å²) in [6.45, 7) is 8.14. The zero-order chi connectivity index (χ0) is 15.3. The molecule has 0 aromatic carbocycles. The maximum Gasteiger partial charge on any atom is 0.331 e. The summed E-state index contributed by atoms with van der Waals surface area (Å²) in [4.78, 5) is 25.5. The minimum Gasteiger partial charge on any atom is -0.478 e. The van der Waals surface area contributed by atoms with Crippen molar-refractivity contribution in [2.75, 3.05) is 6.54 Å². The van der Waals surface area contributed by atoms with Crippen molar-refractivity contribution >= 4 is 11.9 Å². The second-order valence-electron chi connectivity index (χ2n) is 6.17. The van der Waals surface area contributed by atoms with Gasteiger partial charge in [-0.05, 0) is 39.0 Å². The summed E-state index contributed by atoms with van der Waals surface area (Å²) in [5, 5.41) is 9.04. The zero-order valence-corrected chi connectivity index (χ0v) is 13.1. The van der Waals surface area contributed by atoms with Gasteiger partial charge in [0.1, 0.15) is 0 Å². The van der Waals surface area contributed by atoms with Crippen LogP contribution in [0.15, 0.2) is 11.1 Å². The first kappa shape index (κ1) is 16.7. The fourth-order valence-electron chi connectivity index (χ4n) is 2.60. The molecule has 0 radical (unpaired) electrons. The van der Waals surface area contributed by atoms with Gasteiger partial charge in [0.15, 0.2) is 0 Å². The molecule has 1 amide bonds. The Kier molecular flexibility index (Phi) is 6.24. The number of carbonyl (C=O) groups excluding carboxylic acids is 1. The first-order valence-corrected chi connectivity index (χ1v) is 7.56. The predicted octanol–water partition coefficient (Wildman–Crippen LogP) is 3.22. The summed E-state index contributed by atoms with van der Waals surface area (Å²) < 4.78 is 0. The van der Waals surface area contributed by atoms with E-state index >= 15 is 0 Å². The average molecular weight is 281 g/mol. The van der Waals surface area contributed by atoms with Gasteiger partial charge in [0.25, 0.3) is 0 Å². The van der Waals surface area contributed by atoms with Crippen molar-refractivity contribution in [2.24, 2.45) is 5.92 Å². The van der Waals surface area contributed by atoms with Crippen LogP contribution in [-0.4, -0.2) is 34.5 Å². The highest BCUT2D eigenvalue weighted by Crippen LogP contribution is 2.26. The molecule has 1 N–H and O–H groups in total. The average Bonchev–Trinajstić information content (AvgIpc) is 2.90. The van der Waals surface area contributed by atoms with E-state index in [0.29, 0.717) is 11.5 Å². The summed E-state index contributed by atoms with van der Waals surface area (Å²) in [6, 6.07) is 0.290. The van der Waals surface area contributed by atoms with E-state index in [0.717, 1.165) is 38.6 Å². The van der Waals surface area contributed by atoms with Crippen LogP contribution in [0.2, 0.25) is 0 Å². The quantitative estimate of drug-likeness (QED) is 0.760. The van der Waals surface area contributed by atoms with Gasteiger partial charge >= 0.3 is 5.97 Å². The summed E-state index contributed by atoms with van der Waals surface area (Å²) in [5.74, 6) is -0.569. The maximum atomic E-state index is 12.6. The molecule has 4 heteroatoms. The van der Waals surface area contributed by atoms with E-state index in [1.54, 1.807) is 6.92 Å². The number of nitrogens with zero attached hydrogens (tertiary/aromatic N) is 1. The van der Waals surface area contributed by atoms with E-state index in [1.165, 1.54) is 6.92 Å². The van der Waals surface area contributed by atoms with Crippen molar-refractivity contribution in [3.63, 3.8) is 0 Å². The number of hydrogen-bond donors (Lipinski definition) is 1. The SMILES string of the molecule is CC(C(=O)O)=C(C)C(=O)N(CCC(C)C)C1CCCC1. The van der Waals surface area contributed by atoms with Crippen LogP contribution in [0.1, 0.15) is 59.8 Å². The van der Waals surface area contributed by atoms with Crippen molar-refractivity contribution in [3.05, 3.63) is 11.1 Å². The fraction of sp³-hybridized carbons (Fsp3) is 0.750. The molecule has 1 fully saturated rings. The monoisotopic (exact) mass is 281 g/mol. The van der Waals surface area contributed by atoms with Crippen LogP contribution < -0.4 is 0 Å². The summed E-state index contributed by atoms with van der Waals surface area (Å²) in [5.41, 5.74) is 0.524. The van der Waals surface area contributed by atoms with Crippen LogP contribution in [0, 0.1) is 5.92 Å². The van der Waals surface area contributed by atoms with E-state index in [9.17, 15) is 9.59 Å². The van der Waals surface area contributed by atoms with Gasteiger partial charge in [0.05, 0.1) is 0 Å². The van der Waals surface area contributed by atoms with Gasteiger partial charge in [-0.15, -0.1) is 0 Å². The number of amides is 1. The van der Waals surface area contributed by atoms with Crippen molar-refractivity contribution in [1.82, 2.24) is 4.90 Å². The fourth-order valence-corrected chi connectivity index (χ4v) is 2.60. The molecule has 20 heavy (non-hydrogen) atoms. The van der Waals surface area contributed by atoms with Gasteiger partial charge in [-0.3, -0.25) is 4.79 Å². The van der Waals surface area contributed by atoms with Gasteiger partial charge in [0.2, 0.25) is 5.91 Å². The molecule has 1 aliphatic carbocycles. The molecule has 1 aliphatic rings. The Labute approximate surface area is 121 Å². The molecule has 0 aromatic heterocycles. The van der Waals surface area contributed by atoms with E-state index in [4.69, 9.17) is 5.11 Å². The molecule has 1 saturated carbocycles. The first-order valence-electron chi connectivity index (χ1n) is 7.56. The normalized spacial score (nSPS) is 17.2. The molecule has 0 aromatic rings. The molecule has 0 atom stereocenters. The van der Waals surface area contributed by atoms with Gasteiger partial charge in [-0.2, -0.15) is 0 Å². The van der Waals surface area contributed by atoms with Crippen LogP contribution in [0.3, 0.4) is 0 Å². The number of aliphatic carboxylic acids is 1. The minimum absolute atomic E-state index is 0.0996. The summed E-state index contributed by atoms with van der Waals surface area (Å²) in [7, 11) is 0. The molecule has 0 heterocycles. The zero-order valence-electron chi connectivity index (χ0n) is 13.1. The predicted molar refractivity (Wildman–Crippen MR) is 79.4 cm³/mol. The highest BCUT2D eigenvalue weighted by atomic mass is 16.4. The largest absolute Gasteiger partial charge is 0.478 e. The molecular weight excluding hydrogens is 254 g/mol. The molecule has 0 aliphatic heterocycles. The Hall–Kier alpha value is -1.32. The Balaban J connectivity index is 2.88. The topological polar surface area (TPSA) is 57.6 Å². The third kappa shape index (κ3) is 4.36. The third-order valence-electron chi connectivity index (χ3n) is 4.18. The van der Waals surface area contributed by atoms with Gasteiger partial charge in [0, 0.05) is 23.7 Å². The Morgan fingerprint density at radius 1 is 1.15 bits per heavy atom. The lowest BCUT2D eigenvalue weighted by atomic mass is 10.1. The van der Waals surface area contributed by atoms with E-state index < -0.39 is 5.97 Å². The number of hydrogen-bond acceptors (Lipinski definition) is 2. The van der Waals surface area contributed by atoms with Gasteiger partial charge in [-0.25, -0.2) is 4.79 Å². The molecule has 114 valence electrons. The van der Waals surface area contributed by atoms with E-state index in [1.807, 2.05) is 4.90 Å². The molecular formula is C16H27NO3. The lowest BCUT2D eigenvalue weighted by molar-refractivity contribution is -0.134. The Morgan fingerprint density at radius 2 is 1.70 bits per heavy atom. The van der Waals surface area contributed by atoms with Crippen LogP contribution in [0.4, 0.5) is 0 Å². The molecule has 0 spiro atoms. The second kappa shape index (κ2) is 7.46. The Morgan fingerprint density at radius 3 is 2.15 bits per heavy atom. The molecule has 0 unspecified atom stereocenters. The standard InChI is InChI=1S/C16H27NO3/c1-11(2)9-10-17(14-7-5-6-8-14)15(18)12(3)13(4)16(19)20/h11,14H,5-10H2,1-4H3,(H,19,20).